The predicted octanol–water partition coefficient (Wildman–Crippen LogP) is 1.88. The highest BCUT2D eigenvalue weighted by atomic mass is 16.5. The van der Waals surface area contributed by atoms with Gasteiger partial charge in [0.05, 0.1) is 18.8 Å². The van der Waals surface area contributed by atoms with Gasteiger partial charge in [0.15, 0.2) is 0 Å². The molecule has 1 aliphatic carbocycles. The van der Waals surface area contributed by atoms with Gasteiger partial charge in [0.1, 0.15) is 5.54 Å². The zero-order valence-corrected chi connectivity index (χ0v) is 11.6. The number of hydrogen-bond donors (Lipinski definition) is 1. The minimum Gasteiger partial charge on any atom is -0.468 e. The van der Waals surface area contributed by atoms with Crippen molar-refractivity contribution in [1.82, 2.24) is 5.32 Å². The van der Waals surface area contributed by atoms with Crippen LogP contribution in [0.4, 0.5) is 0 Å². The van der Waals surface area contributed by atoms with Gasteiger partial charge in [-0.2, -0.15) is 0 Å². The van der Waals surface area contributed by atoms with Crippen LogP contribution in [-0.4, -0.2) is 37.4 Å². The molecule has 4 heteroatoms. The maximum absolute atomic E-state index is 11.8. The number of methoxy groups -OCH3 is 1. The van der Waals surface area contributed by atoms with E-state index < -0.39 is 5.54 Å². The van der Waals surface area contributed by atoms with Crippen LogP contribution >= 0.6 is 0 Å². The molecule has 0 saturated heterocycles. The number of likely N-dealkylation sites (N-methyl/N-ethyl adjacent to an activating group) is 1. The number of ether oxygens (including phenoxy) is 2. The van der Waals surface area contributed by atoms with Crippen molar-refractivity contribution in [3.63, 3.8) is 0 Å². The first-order valence-electron chi connectivity index (χ1n) is 6.34. The van der Waals surface area contributed by atoms with Crippen molar-refractivity contribution >= 4 is 5.97 Å². The van der Waals surface area contributed by atoms with Gasteiger partial charge in [-0.05, 0) is 40.2 Å². The Morgan fingerprint density at radius 3 is 2.65 bits per heavy atom. The summed E-state index contributed by atoms with van der Waals surface area (Å²) in [5, 5.41) is 3.11. The summed E-state index contributed by atoms with van der Waals surface area (Å²) in [7, 11) is 3.25. The number of rotatable bonds is 5. The van der Waals surface area contributed by atoms with Crippen LogP contribution in [0.5, 0.6) is 0 Å². The highest BCUT2D eigenvalue weighted by Crippen LogP contribution is 2.35. The number of carbonyl (C=O) groups excluding carboxylic acids is 1. The van der Waals surface area contributed by atoms with Crippen molar-refractivity contribution in [2.24, 2.45) is 0 Å². The van der Waals surface area contributed by atoms with Crippen LogP contribution in [-0.2, 0) is 14.3 Å². The summed E-state index contributed by atoms with van der Waals surface area (Å²) in [4.78, 5) is 11.8. The van der Waals surface area contributed by atoms with E-state index in [0.29, 0.717) is 6.42 Å². The van der Waals surface area contributed by atoms with E-state index in [1.54, 1.807) is 0 Å². The minimum absolute atomic E-state index is 0.120. The summed E-state index contributed by atoms with van der Waals surface area (Å²) in [5.74, 6) is -0.180. The first kappa shape index (κ1) is 14.5. The highest BCUT2D eigenvalue weighted by molar-refractivity contribution is 5.81. The van der Waals surface area contributed by atoms with E-state index >= 15 is 0 Å². The first-order valence-corrected chi connectivity index (χ1v) is 6.34. The van der Waals surface area contributed by atoms with Crippen molar-refractivity contribution in [3.05, 3.63) is 0 Å². The minimum atomic E-state index is -0.552. The Labute approximate surface area is 104 Å². The second kappa shape index (κ2) is 5.36. The van der Waals surface area contributed by atoms with E-state index in [1.807, 2.05) is 7.05 Å². The lowest BCUT2D eigenvalue weighted by molar-refractivity contribution is -0.149. The molecule has 4 nitrogen and oxygen atoms in total. The van der Waals surface area contributed by atoms with Gasteiger partial charge in [-0.1, -0.05) is 6.92 Å². The Morgan fingerprint density at radius 1 is 1.53 bits per heavy atom. The lowest BCUT2D eigenvalue weighted by Gasteiger charge is -2.30. The molecule has 0 bridgehead atoms. The Bertz CT molecular complexity index is 278. The summed E-state index contributed by atoms with van der Waals surface area (Å²) in [6.07, 6.45) is 3.48. The lowest BCUT2D eigenvalue weighted by Crippen LogP contribution is -2.49. The molecule has 17 heavy (non-hydrogen) atoms. The molecule has 0 heterocycles. The van der Waals surface area contributed by atoms with Gasteiger partial charge in [0.25, 0.3) is 0 Å². The second-order valence-electron chi connectivity index (χ2n) is 5.42. The Kier molecular flexibility index (Phi) is 4.55. The molecule has 1 fully saturated rings. The number of nitrogens with one attached hydrogen (secondary N) is 1. The van der Waals surface area contributed by atoms with Gasteiger partial charge < -0.3 is 14.8 Å². The van der Waals surface area contributed by atoms with Crippen LogP contribution in [0.2, 0.25) is 0 Å². The zero-order chi connectivity index (χ0) is 13.1. The molecule has 0 aromatic rings. The largest absolute Gasteiger partial charge is 0.468 e. The fraction of sp³-hybridized carbons (Fsp3) is 0.923. The van der Waals surface area contributed by atoms with E-state index in [0.717, 1.165) is 19.3 Å². The Morgan fingerprint density at radius 2 is 2.18 bits per heavy atom. The molecule has 1 aliphatic rings. The van der Waals surface area contributed by atoms with Crippen LogP contribution in [0.25, 0.3) is 0 Å². The van der Waals surface area contributed by atoms with Crippen LogP contribution in [0.15, 0.2) is 0 Å². The van der Waals surface area contributed by atoms with E-state index in [2.05, 4.69) is 26.1 Å². The predicted molar refractivity (Wildman–Crippen MR) is 66.9 cm³/mol. The molecule has 0 radical (unpaired) electrons. The summed E-state index contributed by atoms with van der Waals surface area (Å²) in [6, 6.07) is 0. The van der Waals surface area contributed by atoms with E-state index in [4.69, 9.17) is 9.47 Å². The molecule has 2 atom stereocenters. The Hall–Kier alpha value is -0.610. The zero-order valence-electron chi connectivity index (χ0n) is 11.6. The van der Waals surface area contributed by atoms with Crippen LogP contribution < -0.4 is 5.32 Å². The maximum Gasteiger partial charge on any atom is 0.326 e. The van der Waals surface area contributed by atoms with Gasteiger partial charge in [-0.3, -0.25) is 4.79 Å². The average Bonchev–Trinajstić information content (AvgIpc) is 2.72. The number of carbonyl (C=O) groups is 1. The molecule has 0 amide bonds. The number of esters is 1. The molecule has 0 aliphatic heterocycles. The quantitative estimate of drug-likeness (QED) is 0.749. The first-order chi connectivity index (χ1) is 7.89. The third-order valence-corrected chi connectivity index (χ3v) is 3.86. The van der Waals surface area contributed by atoms with Gasteiger partial charge in [-0.25, -0.2) is 0 Å². The fourth-order valence-corrected chi connectivity index (χ4v) is 2.35. The topological polar surface area (TPSA) is 47.6 Å². The smallest absolute Gasteiger partial charge is 0.326 e. The summed E-state index contributed by atoms with van der Waals surface area (Å²) >= 11 is 0. The summed E-state index contributed by atoms with van der Waals surface area (Å²) in [5.41, 5.74) is -0.673. The van der Waals surface area contributed by atoms with Crippen molar-refractivity contribution < 1.29 is 14.3 Å². The molecule has 100 valence electrons. The summed E-state index contributed by atoms with van der Waals surface area (Å²) in [6.45, 7) is 6.29. The van der Waals surface area contributed by atoms with Gasteiger partial charge in [-0.15, -0.1) is 0 Å². The average molecular weight is 243 g/mol. The molecule has 1 saturated carbocycles. The molecule has 1 rings (SSSR count). The van der Waals surface area contributed by atoms with Crippen molar-refractivity contribution in [3.8, 4) is 0 Å². The van der Waals surface area contributed by atoms with Crippen LogP contribution in [0.1, 0.15) is 46.5 Å². The second-order valence-corrected chi connectivity index (χ2v) is 5.42. The number of hydrogen-bond acceptors (Lipinski definition) is 4. The highest BCUT2D eigenvalue weighted by Gasteiger charge is 2.46. The molecule has 0 spiro atoms. The molecular formula is C13H25NO3. The van der Waals surface area contributed by atoms with E-state index in [9.17, 15) is 4.79 Å². The normalized spacial score (nSPS) is 29.4. The molecule has 0 aromatic heterocycles. The summed E-state index contributed by atoms with van der Waals surface area (Å²) < 4.78 is 10.9. The van der Waals surface area contributed by atoms with Crippen LogP contribution in [0.3, 0.4) is 0 Å². The standard InChI is InChI=1S/C13H25NO3/c1-6-12(2,3)17-10-7-8-13(9-10,14-4)11(15)16-5/h10,14H,6-9H2,1-5H3. The molecule has 0 aromatic carbocycles. The van der Waals surface area contributed by atoms with Gasteiger partial charge in [0.2, 0.25) is 0 Å². The SMILES string of the molecule is CCC(C)(C)OC1CCC(NC)(C(=O)OC)C1. The molecule has 1 N–H and O–H groups in total. The van der Waals surface area contributed by atoms with Crippen LogP contribution in [0, 0.1) is 0 Å². The fourth-order valence-electron chi connectivity index (χ4n) is 2.35. The molecular weight excluding hydrogens is 218 g/mol. The third-order valence-electron chi connectivity index (χ3n) is 3.86. The third kappa shape index (κ3) is 3.19. The monoisotopic (exact) mass is 243 g/mol. The van der Waals surface area contributed by atoms with Gasteiger partial charge in [0, 0.05) is 6.42 Å². The Balaban J connectivity index is 2.65. The van der Waals surface area contributed by atoms with Crippen molar-refractivity contribution in [1.29, 1.82) is 0 Å². The lowest BCUT2D eigenvalue weighted by atomic mass is 9.98. The van der Waals surface area contributed by atoms with Crippen molar-refractivity contribution in [2.45, 2.75) is 63.7 Å². The van der Waals surface area contributed by atoms with E-state index in [-0.39, 0.29) is 17.7 Å². The molecule has 2 unspecified atom stereocenters. The van der Waals surface area contributed by atoms with Crippen molar-refractivity contribution in [2.75, 3.05) is 14.2 Å². The van der Waals surface area contributed by atoms with Gasteiger partial charge >= 0.3 is 5.97 Å². The van der Waals surface area contributed by atoms with E-state index in [1.165, 1.54) is 7.11 Å². The maximum atomic E-state index is 11.8.